The molecule has 0 aliphatic rings. The van der Waals surface area contributed by atoms with E-state index in [1.54, 1.807) is 0 Å². The zero-order valence-electron chi connectivity index (χ0n) is 25.8. The summed E-state index contributed by atoms with van der Waals surface area (Å²) in [6.45, 7) is 6.94. The van der Waals surface area contributed by atoms with E-state index in [1.807, 2.05) is 59.9 Å². The fraction of sp³-hybridized carbons (Fsp3) is 0.0952. The highest BCUT2D eigenvalue weighted by Crippen LogP contribution is 2.45. The van der Waals surface area contributed by atoms with Gasteiger partial charge in [0.2, 0.25) is 0 Å². The zero-order valence-corrected chi connectivity index (χ0v) is 26.6. The van der Waals surface area contributed by atoms with Gasteiger partial charge in [0.05, 0.1) is 0 Å². The number of ether oxygens (including phenoxy) is 2. The van der Waals surface area contributed by atoms with Crippen molar-refractivity contribution in [3.8, 4) is 11.5 Å². The second kappa shape index (κ2) is 13.1. The van der Waals surface area contributed by atoms with Crippen LogP contribution in [0, 0.1) is 0 Å². The molecule has 0 aliphatic heterocycles. The van der Waals surface area contributed by atoms with E-state index in [4.69, 9.17) is 9.47 Å². The van der Waals surface area contributed by atoms with Gasteiger partial charge in [-0.2, -0.15) is 0 Å². The van der Waals surface area contributed by atoms with Crippen molar-refractivity contribution in [3.63, 3.8) is 0 Å². The van der Waals surface area contributed by atoms with Crippen molar-refractivity contribution >= 4 is 65.0 Å². The monoisotopic (exact) mass is 632 g/mol. The molecule has 0 bridgehead atoms. The van der Waals surface area contributed by atoms with E-state index in [0.717, 1.165) is 25.7 Å². The predicted octanol–water partition coefficient (Wildman–Crippen LogP) is 10.1. The summed E-state index contributed by atoms with van der Waals surface area (Å²) >= 11 is 1.90. The Morgan fingerprint density at radius 3 is 1.36 bits per heavy atom. The molecule has 0 N–H and O–H groups in total. The molecule has 0 radical (unpaired) electrons. The molecule has 0 aliphatic carbocycles. The number of hydrogen-bond donors (Lipinski definition) is 0. The van der Waals surface area contributed by atoms with Crippen LogP contribution in [-0.4, -0.2) is 11.9 Å². The zero-order chi connectivity index (χ0) is 32.3. The lowest BCUT2D eigenvalue weighted by Gasteiger charge is -2.10. The van der Waals surface area contributed by atoms with Crippen LogP contribution < -0.4 is 9.47 Å². The SMILES string of the molecule is C=CC(=O)Oc1ccc(CCc2cc3ccccc3c3c2sc2c(CCc4ccc(OC(=O)C=C)cc4)cc4ccccc4c23)cc1. The summed E-state index contributed by atoms with van der Waals surface area (Å²) in [6.07, 6.45) is 5.83. The Balaban J connectivity index is 1.28. The third-order valence-corrected chi connectivity index (χ3v) is 9.94. The first-order valence-electron chi connectivity index (χ1n) is 15.6. The lowest BCUT2D eigenvalue weighted by Crippen LogP contribution is -2.03. The minimum absolute atomic E-state index is 0.461. The van der Waals surface area contributed by atoms with Crippen molar-refractivity contribution in [3.05, 3.63) is 157 Å². The molecular weight excluding hydrogens is 601 g/mol. The number of carbonyl (C=O) groups excluding carboxylic acids is 2. The highest BCUT2D eigenvalue weighted by atomic mass is 32.1. The Morgan fingerprint density at radius 1 is 0.553 bits per heavy atom. The molecule has 0 atom stereocenters. The van der Waals surface area contributed by atoms with Crippen LogP contribution in [-0.2, 0) is 35.3 Å². The fourth-order valence-corrected chi connectivity index (χ4v) is 7.71. The summed E-state index contributed by atoms with van der Waals surface area (Å²) in [6, 6.07) is 37.6. The van der Waals surface area contributed by atoms with Gasteiger partial charge in [-0.3, -0.25) is 0 Å². The van der Waals surface area contributed by atoms with Crippen molar-refractivity contribution in [1.29, 1.82) is 0 Å². The normalized spacial score (nSPS) is 11.2. The molecule has 0 unspecified atom stereocenters. The van der Waals surface area contributed by atoms with E-state index in [1.165, 1.54) is 76.1 Å². The summed E-state index contributed by atoms with van der Waals surface area (Å²) in [5.74, 6) is 0.111. The summed E-state index contributed by atoms with van der Waals surface area (Å²) in [5, 5.41) is 7.70. The highest BCUT2D eigenvalue weighted by Gasteiger charge is 2.18. The van der Waals surface area contributed by atoms with Crippen LogP contribution in [0.25, 0.3) is 41.7 Å². The molecule has 7 aromatic rings. The van der Waals surface area contributed by atoms with Gasteiger partial charge in [-0.05, 0) is 106 Å². The number of thiophene rings is 1. The van der Waals surface area contributed by atoms with E-state index in [9.17, 15) is 9.59 Å². The molecule has 47 heavy (non-hydrogen) atoms. The maximum atomic E-state index is 11.6. The predicted molar refractivity (Wildman–Crippen MR) is 194 cm³/mol. The quantitative estimate of drug-likeness (QED) is 0.0856. The van der Waals surface area contributed by atoms with Gasteiger partial charge in [0.15, 0.2) is 0 Å². The largest absolute Gasteiger partial charge is 0.423 e. The molecule has 1 heterocycles. The smallest absolute Gasteiger partial charge is 0.335 e. The molecule has 7 rings (SSSR count). The molecule has 5 heteroatoms. The topological polar surface area (TPSA) is 52.6 Å². The number of fused-ring (bicyclic) bond motifs is 7. The first kappa shape index (κ1) is 30.2. The molecule has 230 valence electrons. The van der Waals surface area contributed by atoms with E-state index >= 15 is 0 Å². The Morgan fingerprint density at radius 2 is 0.957 bits per heavy atom. The van der Waals surface area contributed by atoms with Crippen LogP contribution in [0.5, 0.6) is 11.5 Å². The van der Waals surface area contributed by atoms with Gasteiger partial charge in [0.25, 0.3) is 0 Å². The summed E-state index contributed by atoms with van der Waals surface area (Å²) < 4.78 is 13.2. The van der Waals surface area contributed by atoms with Gasteiger partial charge in [0.1, 0.15) is 11.5 Å². The highest BCUT2D eigenvalue weighted by molar-refractivity contribution is 7.26. The molecule has 0 saturated heterocycles. The van der Waals surface area contributed by atoms with Crippen molar-refractivity contribution in [2.75, 3.05) is 0 Å². The Bertz CT molecular complexity index is 2150. The summed E-state index contributed by atoms with van der Waals surface area (Å²) in [4.78, 5) is 23.2. The van der Waals surface area contributed by atoms with Gasteiger partial charge >= 0.3 is 11.9 Å². The van der Waals surface area contributed by atoms with Crippen molar-refractivity contribution in [2.24, 2.45) is 0 Å². The van der Waals surface area contributed by atoms with Crippen molar-refractivity contribution in [2.45, 2.75) is 25.7 Å². The Labute approximate surface area is 277 Å². The number of benzene rings is 6. The van der Waals surface area contributed by atoms with Crippen LogP contribution >= 0.6 is 11.3 Å². The van der Waals surface area contributed by atoms with Crippen LogP contribution in [0.4, 0.5) is 0 Å². The third kappa shape index (κ3) is 6.18. The first-order chi connectivity index (χ1) is 23.0. The molecule has 0 spiro atoms. The number of carbonyl (C=O) groups is 2. The second-order valence-electron chi connectivity index (χ2n) is 11.6. The fourth-order valence-electron chi connectivity index (χ4n) is 6.30. The van der Waals surface area contributed by atoms with Crippen LogP contribution in [0.3, 0.4) is 0 Å². The third-order valence-electron chi connectivity index (χ3n) is 8.59. The molecule has 6 aromatic carbocycles. The second-order valence-corrected chi connectivity index (χ2v) is 12.6. The van der Waals surface area contributed by atoms with Gasteiger partial charge in [-0.25, -0.2) is 9.59 Å². The number of rotatable bonds is 10. The van der Waals surface area contributed by atoms with Gasteiger partial charge in [0, 0.05) is 32.3 Å². The van der Waals surface area contributed by atoms with Crippen molar-refractivity contribution < 1.29 is 19.1 Å². The summed E-state index contributed by atoms with van der Waals surface area (Å²) in [5.41, 5.74) is 5.04. The van der Waals surface area contributed by atoms with E-state index in [2.05, 4.69) is 73.8 Å². The maximum Gasteiger partial charge on any atom is 0.335 e. The molecular formula is C42H32O4S. The lowest BCUT2D eigenvalue weighted by atomic mass is 9.93. The van der Waals surface area contributed by atoms with Crippen LogP contribution in [0.1, 0.15) is 22.3 Å². The number of esters is 2. The lowest BCUT2D eigenvalue weighted by molar-refractivity contribution is -0.129. The molecule has 0 saturated carbocycles. The molecule has 1 aromatic heterocycles. The number of hydrogen-bond acceptors (Lipinski definition) is 5. The molecule has 0 amide bonds. The Hall–Kier alpha value is -5.52. The average molecular weight is 633 g/mol. The standard InChI is InChI=1S/C42H32O4S/c1-3-37(43)45-33-21-15-27(16-22-33)13-19-31-25-29-9-5-7-11-35(29)39-40-36-12-8-6-10-30(36)26-32(42(40)47-41(31)39)20-14-28-17-23-34(24-18-28)46-38(44)4-2/h3-12,15-18,21-26H,1-2,13-14,19-20H2. The minimum Gasteiger partial charge on any atom is -0.423 e. The van der Waals surface area contributed by atoms with Gasteiger partial charge in [-0.1, -0.05) is 86.0 Å². The van der Waals surface area contributed by atoms with E-state index < -0.39 is 11.9 Å². The van der Waals surface area contributed by atoms with Crippen molar-refractivity contribution in [1.82, 2.24) is 0 Å². The van der Waals surface area contributed by atoms with Gasteiger partial charge < -0.3 is 9.47 Å². The number of aryl methyl sites for hydroxylation is 4. The average Bonchev–Trinajstić information content (AvgIpc) is 3.52. The Kier molecular flexibility index (Phi) is 8.38. The van der Waals surface area contributed by atoms with E-state index in [0.29, 0.717) is 11.5 Å². The first-order valence-corrected chi connectivity index (χ1v) is 16.5. The maximum absolute atomic E-state index is 11.6. The summed E-state index contributed by atoms with van der Waals surface area (Å²) in [7, 11) is 0. The van der Waals surface area contributed by atoms with E-state index in [-0.39, 0.29) is 0 Å². The van der Waals surface area contributed by atoms with Gasteiger partial charge in [-0.15, -0.1) is 11.3 Å². The minimum atomic E-state index is -0.461. The van der Waals surface area contributed by atoms with Crippen LogP contribution in [0.15, 0.2) is 135 Å². The van der Waals surface area contributed by atoms with Crippen LogP contribution in [0.2, 0.25) is 0 Å². The molecule has 0 fully saturated rings. The molecule has 4 nitrogen and oxygen atoms in total.